The highest BCUT2D eigenvalue weighted by atomic mass is 16.5. The number of rotatable bonds is 1. The van der Waals surface area contributed by atoms with E-state index in [-0.39, 0.29) is 11.8 Å². The zero-order valence-electron chi connectivity index (χ0n) is 8.26. The first-order valence-electron chi connectivity index (χ1n) is 4.68. The van der Waals surface area contributed by atoms with Crippen LogP contribution in [0.2, 0.25) is 0 Å². The fourth-order valence-electron chi connectivity index (χ4n) is 1.87. The van der Waals surface area contributed by atoms with Gasteiger partial charge < -0.3 is 4.74 Å². The smallest absolute Gasteiger partial charge is 0.311 e. The molecule has 0 aromatic heterocycles. The summed E-state index contributed by atoms with van der Waals surface area (Å²) in [6.45, 7) is 1.82. The minimum atomic E-state index is -0.567. The highest BCUT2D eigenvalue weighted by Gasteiger charge is 2.37. The fraction of sp³-hybridized carbons (Fsp3) is 0.800. The topological polar surface area (TPSA) is 43.4 Å². The largest absolute Gasteiger partial charge is 0.469 e. The molecule has 3 heteroatoms. The van der Waals surface area contributed by atoms with Gasteiger partial charge in [-0.1, -0.05) is 6.42 Å². The molecule has 0 N–H and O–H groups in total. The third kappa shape index (κ3) is 2.29. The van der Waals surface area contributed by atoms with Crippen LogP contribution in [-0.2, 0) is 14.3 Å². The SMILES string of the molecule is COC(=O)C1(C)CCCCC(=O)C1. The van der Waals surface area contributed by atoms with Crippen molar-refractivity contribution in [1.82, 2.24) is 0 Å². The predicted octanol–water partition coefficient (Wildman–Crippen LogP) is 1.70. The Morgan fingerprint density at radius 2 is 2.15 bits per heavy atom. The zero-order valence-corrected chi connectivity index (χ0v) is 8.26. The van der Waals surface area contributed by atoms with Crippen molar-refractivity contribution in [3.8, 4) is 0 Å². The predicted molar refractivity (Wildman–Crippen MR) is 48.2 cm³/mol. The van der Waals surface area contributed by atoms with Gasteiger partial charge in [0, 0.05) is 12.8 Å². The number of Topliss-reactive ketones (excluding diaryl/α,β-unsaturated/α-hetero) is 1. The minimum absolute atomic E-state index is 0.186. The van der Waals surface area contributed by atoms with E-state index in [2.05, 4.69) is 0 Å². The van der Waals surface area contributed by atoms with Crippen LogP contribution < -0.4 is 0 Å². The molecule has 0 spiro atoms. The lowest BCUT2D eigenvalue weighted by molar-refractivity contribution is -0.154. The number of hydrogen-bond acceptors (Lipinski definition) is 3. The molecule has 13 heavy (non-hydrogen) atoms. The summed E-state index contributed by atoms with van der Waals surface area (Å²) in [6, 6.07) is 0. The molecule has 1 saturated carbocycles. The summed E-state index contributed by atoms with van der Waals surface area (Å²) in [5.41, 5.74) is -0.567. The third-order valence-electron chi connectivity index (χ3n) is 2.70. The average Bonchev–Trinajstić information content (AvgIpc) is 2.26. The standard InChI is InChI=1S/C10H16O3/c1-10(9(12)13-2)6-4-3-5-8(11)7-10/h3-7H2,1-2H3. The van der Waals surface area contributed by atoms with Crippen LogP contribution in [0.5, 0.6) is 0 Å². The molecule has 0 aliphatic heterocycles. The zero-order chi connectivity index (χ0) is 9.90. The molecule has 1 fully saturated rings. The van der Waals surface area contributed by atoms with Gasteiger partial charge in [0.25, 0.3) is 0 Å². The van der Waals surface area contributed by atoms with Crippen molar-refractivity contribution in [2.24, 2.45) is 5.41 Å². The molecule has 0 heterocycles. The molecule has 1 rings (SSSR count). The molecule has 1 aliphatic rings. The lowest BCUT2D eigenvalue weighted by Gasteiger charge is -2.23. The van der Waals surface area contributed by atoms with E-state index in [1.807, 2.05) is 6.92 Å². The van der Waals surface area contributed by atoms with Gasteiger partial charge in [0.1, 0.15) is 5.78 Å². The molecule has 1 atom stereocenters. The highest BCUT2D eigenvalue weighted by molar-refractivity contribution is 5.87. The van der Waals surface area contributed by atoms with Crippen molar-refractivity contribution in [1.29, 1.82) is 0 Å². The summed E-state index contributed by atoms with van der Waals surface area (Å²) in [7, 11) is 1.38. The quantitative estimate of drug-likeness (QED) is 0.460. The van der Waals surface area contributed by atoms with E-state index < -0.39 is 5.41 Å². The lowest BCUT2D eigenvalue weighted by Crippen LogP contribution is -2.30. The maximum absolute atomic E-state index is 11.4. The van der Waals surface area contributed by atoms with Crippen molar-refractivity contribution >= 4 is 11.8 Å². The fourth-order valence-corrected chi connectivity index (χ4v) is 1.87. The van der Waals surface area contributed by atoms with E-state index in [4.69, 9.17) is 4.74 Å². The summed E-state index contributed by atoms with van der Waals surface area (Å²) in [5.74, 6) is -0.0619. The van der Waals surface area contributed by atoms with Crippen LogP contribution in [0.4, 0.5) is 0 Å². The Morgan fingerprint density at radius 1 is 1.46 bits per heavy atom. The molecule has 0 radical (unpaired) electrons. The summed E-state index contributed by atoms with van der Waals surface area (Å²) in [4.78, 5) is 22.7. The first-order chi connectivity index (χ1) is 6.08. The maximum Gasteiger partial charge on any atom is 0.311 e. The van der Waals surface area contributed by atoms with Gasteiger partial charge in [-0.15, -0.1) is 0 Å². The molecule has 3 nitrogen and oxygen atoms in total. The summed E-state index contributed by atoms with van der Waals surface area (Å²) >= 11 is 0. The third-order valence-corrected chi connectivity index (χ3v) is 2.70. The van der Waals surface area contributed by atoms with E-state index in [0.29, 0.717) is 12.8 Å². The van der Waals surface area contributed by atoms with Crippen LogP contribution in [0, 0.1) is 5.41 Å². The summed E-state index contributed by atoms with van der Waals surface area (Å²) < 4.78 is 4.71. The van der Waals surface area contributed by atoms with Crippen molar-refractivity contribution in [2.75, 3.05) is 7.11 Å². The molecule has 1 unspecified atom stereocenters. The molecular weight excluding hydrogens is 168 g/mol. The molecule has 0 saturated heterocycles. The van der Waals surface area contributed by atoms with E-state index in [0.717, 1.165) is 19.3 Å². The minimum Gasteiger partial charge on any atom is -0.469 e. The van der Waals surface area contributed by atoms with Gasteiger partial charge in [0.15, 0.2) is 0 Å². The van der Waals surface area contributed by atoms with Gasteiger partial charge in [-0.05, 0) is 19.8 Å². The molecule has 0 amide bonds. The van der Waals surface area contributed by atoms with Crippen LogP contribution in [0.25, 0.3) is 0 Å². The van der Waals surface area contributed by atoms with E-state index in [1.165, 1.54) is 7.11 Å². The molecular formula is C10H16O3. The maximum atomic E-state index is 11.4. The van der Waals surface area contributed by atoms with Gasteiger partial charge in [-0.2, -0.15) is 0 Å². The second-order valence-electron chi connectivity index (χ2n) is 3.97. The monoisotopic (exact) mass is 184 g/mol. The van der Waals surface area contributed by atoms with Gasteiger partial charge in [-0.3, -0.25) is 9.59 Å². The van der Waals surface area contributed by atoms with Crippen molar-refractivity contribution in [3.05, 3.63) is 0 Å². The second kappa shape index (κ2) is 3.90. The first-order valence-corrected chi connectivity index (χ1v) is 4.68. The molecule has 0 bridgehead atoms. The van der Waals surface area contributed by atoms with Gasteiger partial charge in [0.2, 0.25) is 0 Å². The molecule has 0 aromatic carbocycles. The number of ketones is 1. The Kier molecular flexibility index (Phi) is 3.07. The van der Waals surface area contributed by atoms with Gasteiger partial charge in [0.05, 0.1) is 12.5 Å². The number of carbonyl (C=O) groups is 2. The number of hydrogen-bond donors (Lipinski definition) is 0. The summed E-state index contributed by atoms with van der Waals surface area (Å²) in [6.07, 6.45) is 3.58. The Hall–Kier alpha value is -0.860. The second-order valence-corrected chi connectivity index (χ2v) is 3.97. The van der Waals surface area contributed by atoms with Crippen molar-refractivity contribution in [2.45, 2.75) is 39.0 Å². The molecule has 0 aromatic rings. The van der Waals surface area contributed by atoms with Crippen molar-refractivity contribution < 1.29 is 14.3 Å². The number of carbonyl (C=O) groups excluding carboxylic acids is 2. The normalized spacial score (nSPS) is 29.5. The first kappa shape index (κ1) is 10.2. The Balaban J connectivity index is 2.74. The molecule has 1 aliphatic carbocycles. The van der Waals surface area contributed by atoms with Crippen LogP contribution in [0.15, 0.2) is 0 Å². The number of methoxy groups -OCH3 is 1. The Bertz CT molecular complexity index is 222. The average molecular weight is 184 g/mol. The van der Waals surface area contributed by atoms with Crippen LogP contribution in [0.3, 0.4) is 0 Å². The van der Waals surface area contributed by atoms with Crippen LogP contribution in [0.1, 0.15) is 39.0 Å². The summed E-state index contributed by atoms with van der Waals surface area (Å²) in [5, 5.41) is 0. The Morgan fingerprint density at radius 3 is 2.77 bits per heavy atom. The number of esters is 1. The van der Waals surface area contributed by atoms with E-state index in [1.54, 1.807) is 0 Å². The van der Waals surface area contributed by atoms with Gasteiger partial charge in [-0.25, -0.2) is 0 Å². The van der Waals surface area contributed by atoms with Crippen LogP contribution in [-0.4, -0.2) is 18.9 Å². The van der Waals surface area contributed by atoms with Crippen LogP contribution >= 0.6 is 0 Å². The Labute approximate surface area is 78.5 Å². The molecule has 74 valence electrons. The van der Waals surface area contributed by atoms with E-state index >= 15 is 0 Å². The van der Waals surface area contributed by atoms with Crippen molar-refractivity contribution in [3.63, 3.8) is 0 Å². The van der Waals surface area contributed by atoms with Gasteiger partial charge >= 0.3 is 5.97 Å². The lowest BCUT2D eigenvalue weighted by atomic mass is 9.82. The highest BCUT2D eigenvalue weighted by Crippen LogP contribution is 2.33. The van der Waals surface area contributed by atoms with E-state index in [9.17, 15) is 9.59 Å². The number of ether oxygens (including phenoxy) is 1.